The maximum Gasteiger partial charge on any atom is 0.220 e. The summed E-state index contributed by atoms with van der Waals surface area (Å²) in [6, 6.07) is 0.343. The third-order valence-corrected chi connectivity index (χ3v) is 9.11. The van der Waals surface area contributed by atoms with Crippen molar-refractivity contribution in [3.63, 3.8) is 0 Å². The molecule has 2 amide bonds. The lowest BCUT2D eigenvalue weighted by Gasteiger charge is -2.21. The maximum absolute atomic E-state index is 12.3. The Labute approximate surface area is 293 Å². The molecular formula is C42H81N3O2. The zero-order valence-electron chi connectivity index (χ0n) is 32.0. The molecule has 2 unspecified atom stereocenters. The van der Waals surface area contributed by atoms with Crippen molar-refractivity contribution in [1.29, 1.82) is 0 Å². The monoisotopic (exact) mass is 660 g/mol. The Kier molecular flexibility index (Phi) is 35.9. The van der Waals surface area contributed by atoms with Gasteiger partial charge in [-0.3, -0.25) is 9.59 Å². The molecule has 0 aliphatic rings. The average Bonchev–Trinajstić information content (AvgIpc) is 3.06. The molecule has 276 valence electrons. The number of nitrogens with one attached hydrogen (secondary N) is 3. The van der Waals surface area contributed by atoms with Gasteiger partial charge in [-0.05, 0) is 78.1 Å². The van der Waals surface area contributed by atoms with Gasteiger partial charge < -0.3 is 16.0 Å². The van der Waals surface area contributed by atoms with Crippen LogP contribution in [0.15, 0.2) is 24.3 Å². The highest BCUT2D eigenvalue weighted by molar-refractivity contribution is 5.76. The smallest absolute Gasteiger partial charge is 0.220 e. The van der Waals surface area contributed by atoms with Gasteiger partial charge in [-0.25, -0.2) is 0 Å². The second kappa shape index (κ2) is 37.2. The first-order chi connectivity index (χ1) is 23.0. The molecule has 0 bridgehead atoms. The number of amides is 2. The Bertz CT molecular complexity index is 675. The lowest BCUT2D eigenvalue weighted by atomic mass is 10.1. The van der Waals surface area contributed by atoms with E-state index in [-0.39, 0.29) is 23.9 Å². The molecule has 0 aromatic rings. The van der Waals surface area contributed by atoms with E-state index in [1.807, 2.05) is 0 Å². The number of allylic oxidation sites excluding steroid dienone is 4. The molecule has 5 heteroatoms. The summed E-state index contributed by atoms with van der Waals surface area (Å²) in [6.07, 6.45) is 43.7. The number of rotatable bonds is 36. The largest absolute Gasteiger partial charge is 0.355 e. The topological polar surface area (TPSA) is 70.2 Å². The van der Waals surface area contributed by atoms with E-state index in [0.717, 1.165) is 25.7 Å². The zero-order chi connectivity index (χ0) is 34.5. The van der Waals surface area contributed by atoms with Crippen LogP contribution in [0.3, 0.4) is 0 Å². The number of hydrogen-bond donors (Lipinski definition) is 3. The van der Waals surface area contributed by atoms with E-state index >= 15 is 0 Å². The first-order valence-corrected chi connectivity index (χ1v) is 20.6. The number of carbonyl (C=O) groups excluding carboxylic acids is 2. The van der Waals surface area contributed by atoms with Crippen molar-refractivity contribution in [2.24, 2.45) is 0 Å². The fourth-order valence-corrected chi connectivity index (χ4v) is 6.03. The van der Waals surface area contributed by atoms with Crippen molar-refractivity contribution >= 4 is 11.8 Å². The van der Waals surface area contributed by atoms with Crippen molar-refractivity contribution in [2.45, 2.75) is 220 Å². The maximum atomic E-state index is 12.3. The third-order valence-electron chi connectivity index (χ3n) is 9.11. The molecule has 0 fully saturated rings. The van der Waals surface area contributed by atoms with Crippen LogP contribution in [0.1, 0.15) is 207 Å². The Morgan fingerprint density at radius 3 is 1.02 bits per heavy atom. The van der Waals surface area contributed by atoms with Crippen molar-refractivity contribution in [3.8, 4) is 0 Å². The van der Waals surface area contributed by atoms with Crippen LogP contribution in [-0.4, -0.2) is 37.0 Å². The van der Waals surface area contributed by atoms with Crippen molar-refractivity contribution < 1.29 is 9.59 Å². The molecule has 47 heavy (non-hydrogen) atoms. The van der Waals surface area contributed by atoms with Gasteiger partial charge in [0.2, 0.25) is 11.8 Å². The van der Waals surface area contributed by atoms with Crippen LogP contribution in [0.2, 0.25) is 0 Å². The normalized spacial score (nSPS) is 13.0. The molecule has 0 aliphatic heterocycles. The summed E-state index contributed by atoms with van der Waals surface area (Å²) >= 11 is 0. The average molecular weight is 660 g/mol. The van der Waals surface area contributed by atoms with Crippen molar-refractivity contribution in [2.75, 3.05) is 13.1 Å². The van der Waals surface area contributed by atoms with Gasteiger partial charge >= 0.3 is 0 Å². The Hall–Kier alpha value is -1.62. The lowest BCUT2D eigenvalue weighted by molar-refractivity contribution is -0.121. The highest BCUT2D eigenvalue weighted by Gasteiger charge is 2.10. The summed E-state index contributed by atoms with van der Waals surface area (Å²) < 4.78 is 0. The van der Waals surface area contributed by atoms with E-state index in [2.05, 4.69) is 67.9 Å². The summed E-state index contributed by atoms with van der Waals surface area (Å²) in [6.45, 7) is 9.97. The van der Waals surface area contributed by atoms with Crippen LogP contribution in [0, 0.1) is 0 Å². The third kappa shape index (κ3) is 37.1. The fraction of sp³-hybridized carbons (Fsp3) is 0.857. The summed E-state index contributed by atoms with van der Waals surface area (Å²) in [5.41, 5.74) is 0. The van der Waals surface area contributed by atoms with Gasteiger partial charge in [0.05, 0.1) is 0 Å². The van der Waals surface area contributed by atoms with Gasteiger partial charge in [-0.2, -0.15) is 0 Å². The van der Waals surface area contributed by atoms with E-state index in [4.69, 9.17) is 0 Å². The van der Waals surface area contributed by atoms with E-state index in [9.17, 15) is 9.59 Å². The zero-order valence-corrected chi connectivity index (χ0v) is 32.0. The van der Waals surface area contributed by atoms with Crippen LogP contribution >= 0.6 is 0 Å². The highest BCUT2D eigenvalue weighted by Crippen LogP contribution is 2.11. The van der Waals surface area contributed by atoms with Gasteiger partial charge in [0.1, 0.15) is 0 Å². The van der Waals surface area contributed by atoms with Crippen molar-refractivity contribution in [3.05, 3.63) is 24.3 Å². The van der Waals surface area contributed by atoms with Crippen LogP contribution in [-0.2, 0) is 9.59 Å². The Morgan fingerprint density at radius 1 is 0.426 bits per heavy atom. The highest BCUT2D eigenvalue weighted by atomic mass is 16.2. The molecule has 0 heterocycles. The van der Waals surface area contributed by atoms with E-state index in [0.29, 0.717) is 25.9 Å². The molecule has 0 aromatic carbocycles. The van der Waals surface area contributed by atoms with E-state index < -0.39 is 0 Å². The van der Waals surface area contributed by atoms with Gasteiger partial charge in [0, 0.05) is 38.0 Å². The second-order valence-electron chi connectivity index (χ2n) is 14.2. The first-order valence-electron chi connectivity index (χ1n) is 20.6. The second-order valence-corrected chi connectivity index (χ2v) is 14.2. The molecular weight excluding hydrogens is 578 g/mol. The molecule has 0 rings (SSSR count). The molecule has 3 N–H and O–H groups in total. The van der Waals surface area contributed by atoms with Crippen LogP contribution in [0.4, 0.5) is 0 Å². The molecule has 0 saturated heterocycles. The number of unbranched alkanes of at least 4 members (excludes halogenated alkanes) is 22. The van der Waals surface area contributed by atoms with Crippen LogP contribution < -0.4 is 16.0 Å². The lowest BCUT2D eigenvalue weighted by Crippen LogP contribution is -2.47. The molecule has 0 aromatic heterocycles. The standard InChI is InChI=1S/C42H81N3O2/c1-5-7-9-11-13-15-17-19-21-23-25-27-29-31-33-35-41(46)43-37-39(3)45-40(4)38-44-42(47)36-34-32-30-28-26-24-22-20-18-16-14-12-10-8-6-2/h19-22,39-40,45H,5-18,23-38H2,1-4H3,(H,43,46)(H,44,47)/b21-19-,22-20-. The number of hydrogen-bond acceptors (Lipinski definition) is 3. The minimum atomic E-state index is 0.150. The van der Waals surface area contributed by atoms with Gasteiger partial charge in [-0.1, -0.05) is 141 Å². The molecule has 0 radical (unpaired) electrons. The number of carbonyl (C=O) groups is 2. The van der Waals surface area contributed by atoms with Gasteiger partial charge in [0.25, 0.3) is 0 Å². The quantitative estimate of drug-likeness (QED) is 0.0463. The molecule has 0 spiro atoms. The minimum Gasteiger partial charge on any atom is -0.355 e. The molecule has 5 nitrogen and oxygen atoms in total. The summed E-state index contributed by atoms with van der Waals surface area (Å²) in [5, 5.41) is 9.64. The van der Waals surface area contributed by atoms with Gasteiger partial charge in [0.15, 0.2) is 0 Å². The summed E-state index contributed by atoms with van der Waals surface area (Å²) in [4.78, 5) is 24.5. The predicted molar refractivity (Wildman–Crippen MR) is 207 cm³/mol. The Balaban J connectivity index is 3.55. The molecule has 0 saturated carbocycles. The van der Waals surface area contributed by atoms with Crippen LogP contribution in [0.5, 0.6) is 0 Å². The molecule has 2 atom stereocenters. The summed E-state index contributed by atoms with van der Waals surface area (Å²) in [7, 11) is 0. The molecule has 0 aliphatic carbocycles. The van der Waals surface area contributed by atoms with Gasteiger partial charge in [-0.15, -0.1) is 0 Å². The fourth-order valence-electron chi connectivity index (χ4n) is 6.03. The summed E-state index contributed by atoms with van der Waals surface area (Å²) in [5.74, 6) is 0.300. The van der Waals surface area contributed by atoms with E-state index in [1.165, 1.54) is 141 Å². The SMILES string of the molecule is CCCCCCCC/C=C\CCCCCCCC(=O)NCC(C)NC(C)CNC(=O)CCCCCCC/C=C\CCCCCCCC. The van der Waals surface area contributed by atoms with Crippen LogP contribution in [0.25, 0.3) is 0 Å². The predicted octanol–water partition coefficient (Wildman–Crippen LogP) is 11.7. The van der Waals surface area contributed by atoms with E-state index in [1.54, 1.807) is 0 Å². The first kappa shape index (κ1) is 45.4. The Morgan fingerprint density at radius 2 is 0.702 bits per heavy atom. The minimum absolute atomic E-state index is 0.150. The van der Waals surface area contributed by atoms with Crippen molar-refractivity contribution in [1.82, 2.24) is 16.0 Å².